The standard InChI is InChI=1S/C5H13O7P/c1-5(8,3-6)4(7)2-12-13(9,10)11/h4,6-8H,2-3H2,1H3,(H2,9,10,11)/t4-,5+/m1/s1/i1+1,2+1. The molecule has 0 aromatic carbocycles. The normalized spacial score (nSPS) is 19.5. The van der Waals surface area contributed by atoms with Gasteiger partial charge in [0.2, 0.25) is 0 Å². The Bertz CT molecular complexity index is 197. The molecule has 0 aromatic rings. The van der Waals surface area contributed by atoms with Crippen LogP contribution in [0.25, 0.3) is 0 Å². The van der Waals surface area contributed by atoms with Crippen molar-refractivity contribution in [3.8, 4) is 0 Å². The largest absolute Gasteiger partial charge is 0.469 e. The highest BCUT2D eigenvalue weighted by atomic mass is 31.2. The number of rotatable bonds is 5. The van der Waals surface area contributed by atoms with Gasteiger partial charge in [-0.2, -0.15) is 0 Å². The number of phosphoric acid groups is 1. The van der Waals surface area contributed by atoms with Gasteiger partial charge in [0.1, 0.15) is 11.7 Å². The molecule has 0 fully saturated rings. The van der Waals surface area contributed by atoms with Gasteiger partial charge in [0, 0.05) is 0 Å². The van der Waals surface area contributed by atoms with Gasteiger partial charge in [0.05, 0.1) is 13.2 Å². The van der Waals surface area contributed by atoms with Crippen molar-refractivity contribution in [1.82, 2.24) is 0 Å². The van der Waals surface area contributed by atoms with E-state index in [1.54, 1.807) is 0 Å². The van der Waals surface area contributed by atoms with Gasteiger partial charge in [0.15, 0.2) is 0 Å². The first kappa shape index (κ1) is 13.0. The summed E-state index contributed by atoms with van der Waals surface area (Å²) in [4.78, 5) is 16.5. The van der Waals surface area contributed by atoms with Gasteiger partial charge in [0.25, 0.3) is 0 Å². The third kappa shape index (κ3) is 5.33. The van der Waals surface area contributed by atoms with Crippen LogP contribution in [0.3, 0.4) is 0 Å². The van der Waals surface area contributed by atoms with E-state index in [0.29, 0.717) is 0 Å². The lowest BCUT2D eigenvalue weighted by Crippen LogP contribution is -2.45. The van der Waals surface area contributed by atoms with E-state index in [4.69, 9.17) is 25.1 Å². The van der Waals surface area contributed by atoms with Gasteiger partial charge in [-0.1, -0.05) is 0 Å². The summed E-state index contributed by atoms with van der Waals surface area (Å²) in [5, 5.41) is 26.8. The van der Waals surface area contributed by atoms with Crippen molar-refractivity contribution in [3.05, 3.63) is 0 Å². The predicted molar refractivity (Wildman–Crippen MR) is 41.7 cm³/mol. The monoisotopic (exact) mass is 218 g/mol. The molecule has 80 valence electrons. The lowest BCUT2D eigenvalue weighted by Gasteiger charge is -2.26. The van der Waals surface area contributed by atoms with E-state index in [1.165, 1.54) is 0 Å². The zero-order valence-corrected chi connectivity index (χ0v) is 7.89. The van der Waals surface area contributed by atoms with Crippen LogP contribution in [0.5, 0.6) is 0 Å². The van der Waals surface area contributed by atoms with E-state index < -0.39 is 32.7 Å². The third-order valence-corrected chi connectivity index (χ3v) is 1.92. The summed E-state index contributed by atoms with van der Waals surface area (Å²) < 4.78 is 14.1. The molecule has 0 spiro atoms. The highest BCUT2D eigenvalue weighted by Gasteiger charge is 2.31. The molecule has 0 rings (SSSR count). The highest BCUT2D eigenvalue weighted by molar-refractivity contribution is 7.46. The quantitative estimate of drug-likeness (QED) is 0.272. The maximum absolute atomic E-state index is 10.2. The average Bonchev–Trinajstić information content (AvgIpc) is 1.98. The Morgan fingerprint density at radius 1 is 1.54 bits per heavy atom. The molecule has 0 aromatic heterocycles. The first-order valence-corrected chi connectivity index (χ1v) is 4.93. The number of phosphoric ester groups is 1. The Morgan fingerprint density at radius 2 is 2.00 bits per heavy atom. The summed E-state index contributed by atoms with van der Waals surface area (Å²) in [6.45, 7) is -0.378. The molecule has 0 unspecified atom stereocenters. The van der Waals surface area contributed by atoms with E-state index in [1.807, 2.05) is 0 Å². The topological polar surface area (TPSA) is 127 Å². The molecule has 7 nitrogen and oxygen atoms in total. The van der Waals surface area contributed by atoms with Gasteiger partial charge < -0.3 is 25.1 Å². The van der Waals surface area contributed by atoms with Gasteiger partial charge in [-0.05, 0) is 6.92 Å². The molecule has 0 aliphatic heterocycles. The minimum Gasteiger partial charge on any atom is -0.393 e. The summed E-state index contributed by atoms with van der Waals surface area (Å²) in [7, 11) is -4.65. The van der Waals surface area contributed by atoms with Crippen LogP contribution >= 0.6 is 7.82 Å². The van der Waals surface area contributed by atoms with Crippen LogP contribution in [-0.4, -0.2) is 50.0 Å². The lowest BCUT2D eigenvalue weighted by atomic mass is 10.1. The van der Waals surface area contributed by atoms with Gasteiger partial charge in [-0.3, -0.25) is 4.52 Å². The third-order valence-electron chi connectivity index (χ3n) is 1.44. The predicted octanol–water partition coefficient (Wildman–Crippen LogP) is -1.80. The van der Waals surface area contributed by atoms with Crippen LogP contribution in [0.1, 0.15) is 6.92 Å². The second kappa shape index (κ2) is 4.47. The van der Waals surface area contributed by atoms with E-state index in [9.17, 15) is 4.57 Å². The van der Waals surface area contributed by atoms with Gasteiger partial charge in [-0.25, -0.2) is 4.57 Å². The van der Waals surface area contributed by atoms with E-state index >= 15 is 0 Å². The van der Waals surface area contributed by atoms with Crippen molar-refractivity contribution < 1.29 is 34.2 Å². The Balaban J connectivity index is 4.02. The summed E-state index contributed by atoms with van der Waals surface area (Å²) >= 11 is 0. The van der Waals surface area contributed by atoms with Crippen LogP contribution in [0, 0.1) is 0 Å². The average molecular weight is 218 g/mol. The van der Waals surface area contributed by atoms with Crippen molar-refractivity contribution in [1.29, 1.82) is 0 Å². The van der Waals surface area contributed by atoms with Crippen molar-refractivity contribution >= 4 is 7.82 Å². The number of hydrogen-bond donors (Lipinski definition) is 5. The highest BCUT2D eigenvalue weighted by Crippen LogP contribution is 2.36. The summed E-state index contributed by atoms with van der Waals surface area (Å²) in [6.07, 6.45) is -1.56. The fourth-order valence-corrected chi connectivity index (χ4v) is 0.788. The van der Waals surface area contributed by atoms with E-state index in [0.717, 1.165) is 6.92 Å². The number of aliphatic hydroxyl groups excluding tert-OH is 2. The maximum Gasteiger partial charge on any atom is 0.469 e. The summed E-state index contributed by atoms with van der Waals surface area (Å²) in [5.74, 6) is 0. The first-order valence-electron chi connectivity index (χ1n) is 3.40. The van der Waals surface area contributed by atoms with E-state index in [2.05, 4.69) is 4.52 Å². The fourth-order valence-electron chi connectivity index (χ4n) is 0.453. The minimum atomic E-state index is -4.65. The van der Waals surface area contributed by atoms with Crippen molar-refractivity contribution in [2.45, 2.75) is 18.6 Å². The molecule has 0 aliphatic rings. The van der Waals surface area contributed by atoms with Crippen LogP contribution < -0.4 is 0 Å². The molecule has 0 aliphatic carbocycles. The van der Waals surface area contributed by atoms with Crippen molar-refractivity contribution in [2.24, 2.45) is 0 Å². The van der Waals surface area contributed by atoms with Gasteiger partial charge in [-0.15, -0.1) is 0 Å². The number of hydrogen-bond acceptors (Lipinski definition) is 5. The van der Waals surface area contributed by atoms with Crippen molar-refractivity contribution in [2.75, 3.05) is 13.2 Å². The molecule has 0 radical (unpaired) electrons. The molecule has 0 saturated carbocycles. The maximum atomic E-state index is 10.2. The molecule has 13 heavy (non-hydrogen) atoms. The summed E-state index contributed by atoms with van der Waals surface area (Å²) in [6, 6.07) is 0. The molecule has 2 atom stereocenters. The zero-order chi connectivity index (χ0) is 10.7. The molecular weight excluding hydrogens is 205 g/mol. The van der Waals surface area contributed by atoms with Crippen LogP contribution in [0.15, 0.2) is 0 Å². The smallest absolute Gasteiger partial charge is 0.393 e. The SMILES string of the molecule is [13CH3][C@](O)(CO)[C@H](O)[13CH2]OP(=O)(O)O. The fraction of sp³-hybridized carbons (Fsp3) is 1.00. The van der Waals surface area contributed by atoms with Crippen LogP contribution in [-0.2, 0) is 9.09 Å². The molecular formula is C5H13O7P. The zero-order valence-electron chi connectivity index (χ0n) is 6.99. The Hall–Kier alpha value is -0.0100. The van der Waals surface area contributed by atoms with Gasteiger partial charge >= 0.3 is 7.82 Å². The minimum absolute atomic E-state index is 0.737. The Kier molecular flexibility index (Phi) is 4.47. The molecule has 0 bridgehead atoms. The first-order chi connectivity index (χ1) is 5.69. The Morgan fingerprint density at radius 3 is 2.31 bits per heavy atom. The number of aliphatic hydroxyl groups is 3. The molecule has 0 saturated heterocycles. The van der Waals surface area contributed by atoms with Crippen molar-refractivity contribution in [3.63, 3.8) is 0 Å². The van der Waals surface area contributed by atoms with E-state index in [-0.39, 0.29) is 0 Å². The summed E-state index contributed by atoms with van der Waals surface area (Å²) in [5.41, 5.74) is -1.84. The molecule has 0 amide bonds. The van der Waals surface area contributed by atoms with Crippen LogP contribution in [0.4, 0.5) is 0 Å². The molecule has 8 heteroatoms. The Labute approximate surface area is 74.8 Å². The molecule has 0 heterocycles. The second-order valence-corrected chi connectivity index (χ2v) is 4.06. The second-order valence-electron chi connectivity index (χ2n) is 2.82. The molecule has 5 N–H and O–H groups in total. The van der Waals surface area contributed by atoms with Crippen LogP contribution in [0.2, 0.25) is 0 Å². The lowest BCUT2D eigenvalue weighted by molar-refractivity contribution is -0.107.